The molecular formula is C23H26N2O4. The number of hydroxylamine groups is 3. The second-order valence-corrected chi connectivity index (χ2v) is 7.53. The first kappa shape index (κ1) is 19.6. The largest absolute Gasteiger partial charge is 0.633 e. The third kappa shape index (κ3) is 3.79. The van der Waals surface area contributed by atoms with E-state index in [1.807, 2.05) is 31.2 Å². The highest BCUT2D eigenvalue weighted by atomic mass is 16.6. The van der Waals surface area contributed by atoms with Crippen molar-refractivity contribution in [3.05, 3.63) is 70.6 Å². The van der Waals surface area contributed by atoms with E-state index in [1.165, 1.54) is 0 Å². The van der Waals surface area contributed by atoms with Gasteiger partial charge in [-0.25, -0.2) is 0 Å². The third-order valence-corrected chi connectivity index (χ3v) is 5.83. The molecule has 152 valence electrons. The van der Waals surface area contributed by atoms with Gasteiger partial charge in [0, 0.05) is 22.2 Å². The molecule has 0 N–H and O–H groups in total. The minimum Gasteiger partial charge on any atom is -0.633 e. The number of quaternary nitrogens is 1. The number of ketones is 1. The summed E-state index contributed by atoms with van der Waals surface area (Å²) in [6.45, 7) is 4.99. The number of aromatic nitrogens is 1. The average Bonchev–Trinajstić information content (AvgIpc) is 3.03. The van der Waals surface area contributed by atoms with Crippen LogP contribution in [0, 0.1) is 12.1 Å². The van der Waals surface area contributed by atoms with Gasteiger partial charge in [0.25, 0.3) is 0 Å². The van der Waals surface area contributed by atoms with Crippen molar-refractivity contribution in [1.29, 1.82) is 0 Å². The molecular weight excluding hydrogens is 368 g/mol. The molecule has 4 rings (SSSR count). The molecule has 1 aromatic heterocycles. The van der Waals surface area contributed by atoms with E-state index in [9.17, 15) is 10.0 Å². The van der Waals surface area contributed by atoms with E-state index in [0.29, 0.717) is 50.5 Å². The van der Waals surface area contributed by atoms with Crippen LogP contribution in [0.15, 0.2) is 48.5 Å². The van der Waals surface area contributed by atoms with E-state index in [-0.39, 0.29) is 10.4 Å². The number of methoxy groups -OCH3 is 1. The molecule has 0 amide bonds. The van der Waals surface area contributed by atoms with Crippen molar-refractivity contribution >= 4 is 16.7 Å². The Morgan fingerprint density at radius 3 is 2.52 bits per heavy atom. The van der Waals surface area contributed by atoms with E-state index in [4.69, 9.17) is 9.47 Å². The van der Waals surface area contributed by atoms with Crippen LogP contribution in [0.3, 0.4) is 0 Å². The number of morpholine rings is 1. The fourth-order valence-corrected chi connectivity index (χ4v) is 4.07. The molecule has 1 aliphatic rings. The van der Waals surface area contributed by atoms with Gasteiger partial charge in [-0.2, -0.15) is 0 Å². The van der Waals surface area contributed by atoms with Crippen LogP contribution in [-0.4, -0.2) is 55.0 Å². The minimum absolute atomic E-state index is 0.0162. The van der Waals surface area contributed by atoms with Crippen LogP contribution in [0.1, 0.15) is 21.6 Å². The van der Waals surface area contributed by atoms with E-state index in [1.54, 1.807) is 31.4 Å². The van der Waals surface area contributed by atoms with Crippen LogP contribution < -0.4 is 4.74 Å². The zero-order chi connectivity index (χ0) is 20.4. The molecule has 0 aliphatic carbocycles. The molecule has 2 aromatic carbocycles. The smallest absolute Gasteiger partial charge is 0.195 e. The molecule has 0 spiro atoms. The Morgan fingerprint density at radius 1 is 1.14 bits per heavy atom. The lowest BCUT2D eigenvalue weighted by atomic mass is 10.0. The van der Waals surface area contributed by atoms with E-state index >= 15 is 0 Å². The molecule has 1 fully saturated rings. The molecule has 0 atom stereocenters. The number of carbonyl (C=O) groups is 1. The Morgan fingerprint density at radius 2 is 1.83 bits per heavy atom. The summed E-state index contributed by atoms with van der Waals surface area (Å²) < 4.78 is 12.4. The summed E-state index contributed by atoms with van der Waals surface area (Å²) >= 11 is 0. The fourth-order valence-electron chi connectivity index (χ4n) is 4.07. The maximum absolute atomic E-state index is 13.3. The standard InChI is InChI=1S/C23H26N2O4/c1-17-22(23(26)18-7-9-19(28-2)10-8-18)20-5-3-4-6-21(20)24(17)11-12-25(27)13-15-29-16-14-25/h3-10H,11-16H2,1-2H3. The highest BCUT2D eigenvalue weighted by Gasteiger charge is 2.24. The second-order valence-electron chi connectivity index (χ2n) is 7.53. The number of para-hydroxylation sites is 1. The van der Waals surface area contributed by atoms with Crippen molar-refractivity contribution in [3.8, 4) is 5.75 Å². The highest BCUT2D eigenvalue weighted by Crippen LogP contribution is 2.29. The SMILES string of the molecule is COc1ccc(C(=O)c2c(C)n(CC[N+]3([O-])CCOCC3)c3ccccc23)cc1. The Bertz CT molecular complexity index is 1020. The van der Waals surface area contributed by atoms with Crippen molar-refractivity contribution in [3.63, 3.8) is 0 Å². The molecule has 0 unspecified atom stereocenters. The van der Waals surface area contributed by atoms with Gasteiger partial charge in [-0.3, -0.25) is 4.79 Å². The number of fused-ring (bicyclic) bond motifs is 1. The molecule has 1 aliphatic heterocycles. The maximum atomic E-state index is 13.3. The lowest BCUT2D eigenvalue weighted by Crippen LogP contribution is -2.51. The van der Waals surface area contributed by atoms with Crippen molar-refractivity contribution in [1.82, 2.24) is 4.57 Å². The lowest BCUT2D eigenvalue weighted by Gasteiger charge is -2.45. The van der Waals surface area contributed by atoms with Crippen molar-refractivity contribution in [2.75, 3.05) is 40.0 Å². The van der Waals surface area contributed by atoms with Crippen LogP contribution in [0.4, 0.5) is 0 Å². The molecule has 29 heavy (non-hydrogen) atoms. The first-order valence-corrected chi connectivity index (χ1v) is 9.94. The zero-order valence-electron chi connectivity index (χ0n) is 16.9. The van der Waals surface area contributed by atoms with Gasteiger partial charge in [-0.1, -0.05) is 18.2 Å². The molecule has 0 bridgehead atoms. The summed E-state index contributed by atoms with van der Waals surface area (Å²) in [6.07, 6.45) is 0. The van der Waals surface area contributed by atoms with Gasteiger partial charge in [-0.05, 0) is 37.3 Å². The lowest BCUT2D eigenvalue weighted by molar-refractivity contribution is -0.889. The van der Waals surface area contributed by atoms with Gasteiger partial charge < -0.3 is 23.9 Å². The predicted molar refractivity (Wildman–Crippen MR) is 112 cm³/mol. The number of rotatable bonds is 6. The molecule has 0 saturated carbocycles. The summed E-state index contributed by atoms with van der Waals surface area (Å²) in [7, 11) is 1.61. The summed E-state index contributed by atoms with van der Waals surface area (Å²) in [5.41, 5.74) is 3.20. The van der Waals surface area contributed by atoms with Gasteiger partial charge in [0.15, 0.2) is 5.78 Å². The van der Waals surface area contributed by atoms with E-state index in [0.717, 1.165) is 22.3 Å². The van der Waals surface area contributed by atoms with Gasteiger partial charge in [0.05, 0.1) is 39.0 Å². The normalized spacial score (nSPS) is 16.1. The summed E-state index contributed by atoms with van der Waals surface area (Å²) in [4.78, 5) is 13.3. The Kier molecular flexibility index (Phi) is 5.41. The Balaban J connectivity index is 1.69. The first-order chi connectivity index (χ1) is 14.0. The van der Waals surface area contributed by atoms with Crippen LogP contribution in [0.5, 0.6) is 5.75 Å². The molecule has 1 saturated heterocycles. The van der Waals surface area contributed by atoms with Crippen LogP contribution in [0.2, 0.25) is 0 Å². The number of benzene rings is 2. The third-order valence-electron chi connectivity index (χ3n) is 5.83. The van der Waals surface area contributed by atoms with E-state index in [2.05, 4.69) is 4.57 Å². The molecule has 6 heteroatoms. The monoisotopic (exact) mass is 394 g/mol. The van der Waals surface area contributed by atoms with Crippen molar-refractivity contribution in [2.24, 2.45) is 0 Å². The molecule has 0 radical (unpaired) electrons. The van der Waals surface area contributed by atoms with Gasteiger partial charge in [-0.15, -0.1) is 0 Å². The zero-order valence-corrected chi connectivity index (χ0v) is 16.9. The van der Waals surface area contributed by atoms with Gasteiger partial charge in [0.2, 0.25) is 0 Å². The topological polar surface area (TPSA) is 63.5 Å². The second kappa shape index (κ2) is 7.99. The summed E-state index contributed by atoms with van der Waals surface area (Å²) in [6, 6.07) is 15.1. The van der Waals surface area contributed by atoms with Gasteiger partial charge in [0.1, 0.15) is 18.8 Å². The number of carbonyl (C=O) groups excluding carboxylic acids is 1. The maximum Gasteiger partial charge on any atom is 0.195 e. The highest BCUT2D eigenvalue weighted by molar-refractivity contribution is 6.17. The minimum atomic E-state index is -0.242. The van der Waals surface area contributed by atoms with Gasteiger partial charge >= 0.3 is 0 Å². The predicted octanol–water partition coefficient (Wildman–Crippen LogP) is 3.53. The molecule has 2 heterocycles. The first-order valence-electron chi connectivity index (χ1n) is 9.94. The summed E-state index contributed by atoms with van der Waals surface area (Å²) in [5.74, 6) is 0.702. The number of hydrogen-bond donors (Lipinski definition) is 0. The van der Waals surface area contributed by atoms with Crippen LogP contribution in [-0.2, 0) is 11.3 Å². The Labute approximate surface area is 170 Å². The Hall–Kier alpha value is -2.67. The van der Waals surface area contributed by atoms with Crippen molar-refractivity contribution in [2.45, 2.75) is 13.5 Å². The quantitative estimate of drug-likeness (QED) is 0.364. The molecule has 6 nitrogen and oxygen atoms in total. The van der Waals surface area contributed by atoms with E-state index < -0.39 is 0 Å². The number of hydrogen-bond acceptors (Lipinski definition) is 4. The van der Waals surface area contributed by atoms with Crippen LogP contribution in [0.25, 0.3) is 10.9 Å². The van der Waals surface area contributed by atoms with Crippen LogP contribution >= 0.6 is 0 Å². The average molecular weight is 394 g/mol. The van der Waals surface area contributed by atoms with Crippen molar-refractivity contribution < 1.29 is 18.9 Å². The molecule has 3 aromatic rings. The summed E-state index contributed by atoms with van der Waals surface area (Å²) in [5, 5.41) is 13.9. The number of ether oxygens (including phenoxy) is 2. The fraction of sp³-hybridized carbons (Fsp3) is 0.348. The number of nitrogens with zero attached hydrogens (tertiary/aromatic N) is 2.